The van der Waals surface area contributed by atoms with Crippen LogP contribution in [0.3, 0.4) is 0 Å². The molecule has 1 aromatic heterocycles. The Hall–Kier alpha value is -2.73. The lowest BCUT2D eigenvalue weighted by atomic mass is 10.1. The van der Waals surface area contributed by atoms with Gasteiger partial charge >= 0.3 is 5.97 Å². The van der Waals surface area contributed by atoms with Crippen molar-refractivity contribution in [3.05, 3.63) is 64.7 Å². The molecule has 2 aromatic carbocycles. The van der Waals surface area contributed by atoms with Gasteiger partial charge in [0.15, 0.2) is 0 Å². The molecule has 0 radical (unpaired) electrons. The summed E-state index contributed by atoms with van der Waals surface area (Å²) in [6.45, 7) is 0.526. The van der Waals surface area contributed by atoms with Crippen molar-refractivity contribution in [2.24, 2.45) is 0 Å². The quantitative estimate of drug-likeness (QED) is 0.417. The topological polar surface area (TPSA) is 59.5 Å². The zero-order chi connectivity index (χ0) is 19.9. The molecule has 0 N–H and O–H groups in total. The summed E-state index contributed by atoms with van der Waals surface area (Å²) in [5.74, 6) is -0.231. The molecule has 0 aliphatic carbocycles. The number of rotatable bonds is 8. The Morgan fingerprint density at radius 2 is 1.82 bits per heavy atom. The number of esters is 1. The fourth-order valence-electron chi connectivity index (χ4n) is 3.00. The highest BCUT2D eigenvalue weighted by Gasteiger charge is 2.11. The van der Waals surface area contributed by atoms with Gasteiger partial charge in [-0.05, 0) is 49.1 Å². The van der Waals surface area contributed by atoms with Gasteiger partial charge in [0.25, 0.3) is 0 Å². The largest absolute Gasteiger partial charge is 0.465 e. The van der Waals surface area contributed by atoms with Crippen LogP contribution in [-0.4, -0.2) is 35.9 Å². The predicted octanol–water partition coefficient (Wildman–Crippen LogP) is 4.45. The lowest BCUT2D eigenvalue weighted by Crippen LogP contribution is -2.25. The van der Waals surface area contributed by atoms with E-state index in [1.165, 1.54) is 11.8 Å². The van der Waals surface area contributed by atoms with Crippen molar-refractivity contribution < 1.29 is 14.3 Å². The third kappa shape index (κ3) is 5.16. The predicted molar refractivity (Wildman–Crippen MR) is 111 cm³/mol. The average Bonchev–Trinajstić information content (AvgIpc) is 3.13. The van der Waals surface area contributed by atoms with Crippen molar-refractivity contribution in [1.82, 2.24) is 9.88 Å². The van der Waals surface area contributed by atoms with E-state index in [1.807, 2.05) is 37.4 Å². The highest BCUT2D eigenvalue weighted by molar-refractivity contribution is 7.18. The summed E-state index contributed by atoms with van der Waals surface area (Å²) in [5.41, 5.74) is 2.55. The minimum absolute atomic E-state index is 0.126. The number of carbonyl (C=O) groups excluding carboxylic acids is 2. The number of hydrogen-bond donors (Lipinski definition) is 0. The molecule has 0 bridgehead atoms. The van der Waals surface area contributed by atoms with Crippen molar-refractivity contribution in [3.8, 4) is 0 Å². The van der Waals surface area contributed by atoms with Crippen LogP contribution in [0.1, 0.15) is 40.2 Å². The molecule has 1 heterocycles. The van der Waals surface area contributed by atoms with Crippen LogP contribution in [0.2, 0.25) is 0 Å². The highest BCUT2D eigenvalue weighted by Crippen LogP contribution is 2.23. The van der Waals surface area contributed by atoms with Crippen LogP contribution in [0.15, 0.2) is 48.5 Å². The van der Waals surface area contributed by atoms with Crippen LogP contribution in [0.5, 0.6) is 0 Å². The van der Waals surface area contributed by atoms with Gasteiger partial charge < -0.3 is 9.64 Å². The van der Waals surface area contributed by atoms with E-state index in [2.05, 4.69) is 11.1 Å². The molecule has 146 valence electrons. The van der Waals surface area contributed by atoms with Gasteiger partial charge in [0, 0.05) is 20.0 Å². The molecule has 0 unspecified atom stereocenters. The molecular weight excluding hydrogens is 372 g/mol. The lowest BCUT2D eigenvalue weighted by molar-refractivity contribution is -0.130. The first-order valence-corrected chi connectivity index (χ1v) is 10.1. The third-order valence-corrected chi connectivity index (χ3v) is 5.69. The molecule has 3 rings (SSSR count). The molecule has 0 aliphatic rings. The normalized spacial score (nSPS) is 10.8. The van der Waals surface area contributed by atoms with E-state index < -0.39 is 0 Å². The van der Waals surface area contributed by atoms with Crippen LogP contribution < -0.4 is 0 Å². The second-order valence-corrected chi connectivity index (χ2v) is 7.84. The van der Waals surface area contributed by atoms with Gasteiger partial charge in [-0.25, -0.2) is 9.78 Å². The summed E-state index contributed by atoms with van der Waals surface area (Å²) in [4.78, 5) is 30.2. The summed E-state index contributed by atoms with van der Waals surface area (Å²) >= 11 is 1.73. The first kappa shape index (κ1) is 20.0. The smallest absolute Gasteiger partial charge is 0.337 e. The van der Waals surface area contributed by atoms with Crippen LogP contribution in [0, 0.1) is 0 Å². The Labute approximate surface area is 169 Å². The van der Waals surface area contributed by atoms with E-state index in [-0.39, 0.29) is 11.9 Å². The SMILES string of the molecule is COC(=O)c1ccc(CN(C)C(=O)CCCCc2nc3ccccc3s2)cc1. The number of amides is 1. The number of para-hydroxylation sites is 1. The van der Waals surface area contributed by atoms with Gasteiger partial charge in [0.05, 0.1) is 27.9 Å². The molecular formula is C22H24N2O3S. The monoisotopic (exact) mass is 396 g/mol. The van der Waals surface area contributed by atoms with E-state index in [9.17, 15) is 9.59 Å². The van der Waals surface area contributed by atoms with Crippen molar-refractivity contribution in [2.45, 2.75) is 32.2 Å². The zero-order valence-electron chi connectivity index (χ0n) is 16.2. The number of aryl methyl sites for hydroxylation is 1. The minimum atomic E-state index is -0.357. The van der Waals surface area contributed by atoms with E-state index in [0.717, 1.165) is 35.4 Å². The molecule has 0 saturated heterocycles. The Kier molecular flexibility index (Phi) is 6.76. The molecule has 3 aromatic rings. The minimum Gasteiger partial charge on any atom is -0.465 e. The second-order valence-electron chi connectivity index (χ2n) is 6.72. The second kappa shape index (κ2) is 9.46. The maximum absolute atomic E-state index is 12.4. The van der Waals surface area contributed by atoms with Crippen LogP contribution in [0.4, 0.5) is 0 Å². The van der Waals surface area contributed by atoms with E-state index in [0.29, 0.717) is 18.5 Å². The number of nitrogens with zero attached hydrogens (tertiary/aromatic N) is 2. The van der Waals surface area contributed by atoms with Crippen LogP contribution >= 0.6 is 11.3 Å². The molecule has 0 atom stereocenters. The Bertz CT molecular complexity index is 917. The molecule has 28 heavy (non-hydrogen) atoms. The van der Waals surface area contributed by atoms with E-state index in [1.54, 1.807) is 28.4 Å². The molecule has 5 nitrogen and oxygen atoms in total. The molecule has 0 fully saturated rings. The fraction of sp³-hybridized carbons (Fsp3) is 0.318. The number of aromatic nitrogens is 1. The third-order valence-electron chi connectivity index (χ3n) is 4.59. The molecule has 0 saturated carbocycles. The van der Waals surface area contributed by atoms with E-state index >= 15 is 0 Å². The number of benzene rings is 2. The van der Waals surface area contributed by atoms with Crippen molar-refractivity contribution >= 4 is 33.4 Å². The maximum Gasteiger partial charge on any atom is 0.337 e. The summed E-state index contributed by atoms with van der Waals surface area (Å²) in [6, 6.07) is 15.3. The summed E-state index contributed by atoms with van der Waals surface area (Å²) in [6.07, 6.45) is 3.24. The molecule has 0 spiro atoms. The first-order valence-electron chi connectivity index (χ1n) is 9.32. The van der Waals surface area contributed by atoms with Gasteiger partial charge in [0.1, 0.15) is 0 Å². The number of carbonyl (C=O) groups is 2. The van der Waals surface area contributed by atoms with Gasteiger partial charge in [-0.3, -0.25) is 4.79 Å². The maximum atomic E-state index is 12.4. The number of unbranched alkanes of at least 4 members (excludes halogenated alkanes) is 1. The van der Waals surface area contributed by atoms with Gasteiger partial charge in [0.2, 0.25) is 5.91 Å². The van der Waals surface area contributed by atoms with Gasteiger partial charge in [-0.1, -0.05) is 24.3 Å². The summed E-state index contributed by atoms with van der Waals surface area (Å²) in [7, 11) is 3.17. The zero-order valence-corrected chi connectivity index (χ0v) is 17.0. The number of hydrogen-bond acceptors (Lipinski definition) is 5. The average molecular weight is 397 g/mol. The lowest BCUT2D eigenvalue weighted by Gasteiger charge is -2.17. The van der Waals surface area contributed by atoms with E-state index in [4.69, 9.17) is 4.74 Å². The van der Waals surface area contributed by atoms with Crippen molar-refractivity contribution in [3.63, 3.8) is 0 Å². The fourth-order valence-corrected chi connectivity index (χ4v) is 4.01. The van der Waals surface area contributed by atoms with Crippen molar-refractivity contribution in [1.29, 1.82) is 0 Å². The number of methoxy groups -OCH3 is 1. The first-order chi connectivity index (χ1) is 13.6. The van der Waals surface area contributed by atoms with Crippen molar-refractivity contribution in [2.75, 3.05) is 14.2 Å². The van der Waals surface area contributed by atoms with Gasteiger partial charge in [-0.15, -0.1) is 11.3 Å². The molecule has 6 heteroatoms. The molecule has 1 amide bonds. The Morgan fingerprint density at radius 3 is 2.54 bits per heavy atom. The number of thiazole rings is 1. The summed E-state index contributed by atoms with van der Waals surface area (Å²) in [5, 5.41) is 1.13. The summed E-state index contributed by atoms with van der Waals surface area (Å²) < 4.78 is 5.91. The number of fused-ring (bicyclic) bond motifs is 1. The molecule has 0 aliphatic heterocycles. The van der Waals surface area contributed by atoms with Crippen LogP contribution in [0.25, 0.3) is 10.2 Å². The van der Waals surface area contributed by atoms with Gasteiger partial charge in [-0.2, -0.15) is 0 Å². The Balaban J connectivity index is 1.42. The standard InChI is InChI=1S/C22H24N2O3S/c1-24(15-16-11-13-17(14-12-16)22(26)27-2)21(25)10-6-5-9-20-23-18-7-3-4-8-19(18)28-20/h3-4,7-8,11-14H,5-6,9-10,15H2,1-2H3. The number of ether oxygens (including phenoxy) is 1. The van der Waals surface area contributed by atoms with Crippen LogP contribution in [-0.2, 0) is 22.5 Å². The Morgan fingerprint density at radius 1 is 1.07 bits per heavy atom. The highest BCUT2D eigenvalue weighted by atomic mass is 32.1.